The molecule has 2 aromatic rings. The number of benzene rings is 2. The number of fused-ring (bicyclic) bond motifs is 1. The van der Waals surface area contributed by atoms with Crippen LogP contribution >= 0.6 is 0 Å². The Bertz CT molecular complexity index is 1020. The molecule has 2 aromatic carbocycles. The summed E-state index contributed by atoms with van der Waals surface area (Å²) in [6, 6.07) is 13.5. The first kappa shape index (κ1) is 17.1. The summed E-state index contributed by atoms with van der Waals surface area (Å²) in [6.07, 6.45) is 7.16. The molecular formula is C21H15NO4. The smallest absolute Gasteiger partial charge is 0.337 e. The van der Waals surface area contributed by atoms with E-state index in [0.29, 0.717) is 16.9 Å². The summed E-state index contributed by atoms with van der Waals surface area (Å²) in [5, 5.41) is 19.0. The van der Waals surface area contributed by atoms with Crippen LogP contribution in [0.15, 0.2) is 54.7 Å². The van der Waals surface area contributed by atoms with Crippen LogP contribution in [-0.4, -0.2) is 28.3 Å². The van der Waals surface area contributed by atoms with Gasteiger partial charge in [-0.05, 0) is 41.5 Å². The van der Waals surface area contributed by atoms with Crippen molar-refractivity contribution in [3.8, 4) is 46.2 Å². The molecule has 0 spiro atoms. The van der Waals surface area contributed by atoms with Gasteiger partial charge in [-0.2, -0.15) is 0 Å². The van der Waals surface area contributed by atoms with Gasteiger partial charge in [0.1, 0.15) is 11.5 Å². The van der Waals surface area contributed by atoms with E-state index in [1.165, 1.54) is 30.5 Å². The highest BCUT2D eigenvalue weighted by molar-refractivity contribution is 5.99. The first-order valence-electron chi connectivity index (χ1n) is 7.71. The molecule has 0 radical (unpaired) electrons. The van der Waals surface area contributed by atoms with Crippen molar-refractivity contribution in [3.05, 3.63) is 65.9 Å². The third kappa shape index (κ3) is 3.50. The van der Waals surface area contributed by atoms with Gasteiger partial charge in [-0.15, -0.1) is 6.42 Å². The van der Waals surface area contributed by atoms with Gasteiger partial charge < -0.3 is 14.9 Å². The van der Waals surface area contributed by atoms with Crippen LogP contribution < -0.4 is 4.74 Å². The van der Waals surface area contributed by atoms with Crippen LogP contribution in [0.25, 0.3) is 22.4 Å². The Kier molecular flexibility index (Phi) is 4.59. The van der Waals surface area contributed by atoms with Crippen LogP contribution in [0, 0.1) is 12.3 Å². The SMILES string of the molecule is C#Cc1cccc(-c2cc(O)cc(OC)c2)c1C(=O)O.c1cc2cc-2n1. The van der Waals surface area contributed by atoms with Crippen LogP contribution in [0.5, 0.6) is 11.5 Å². The Morgan fingerprint density at radius 1 is 1.15 bits per heavy atom. The minimum atomic E-state index is -1.11. The molecule has 26 heavy (non-hydrogen) atoms. The fourth-order valence-corrected chi connectivity index (χ4v) is 2.55. The van der Waals surface area contributed by atoms with Gasteiger partial charge in [0.2, 0.25) is 0 Å². The molecule has 128 valence electrons. The highest BCUT2D eigenvalue weighted by Crippen LogP contribution is 2.32. The zero-order valence-corrected chi connectivity index (χ0v) is 13.9. The fourth-order valence-electron chi connectivity index (χ4n) is 2.55. The quantitative estimate of drug-likeness (QED) is 0.552. The van der Waals surface area contributed by atoms with E-state index >= 15 is 0 Å². The fraction of sp³-hybridized carbons (Fsp3) is 0.0476. The van der Waals surface area contributed by atoms with E-state index in [4.69, 9.17) is 11.2 Å². The van der Waals surface area contributed by atoms with Crippen LogP contribution in [0.3, 0.4) is 0 Å². The Balaban J connectivity index is 0.000000269. The zero-order chi connectivity index (χ0) is 18.7. The summed E-state index contributed by atoms with van der Waals surface area (Å²) in [4.78, 5) is 15.4. The molecule has 1 heterocycles. The molecule has 0 fully saturated rings. The van der Waals surface area contributed by atoms with Crippen molar-refractivity contribution in [2.45, 2.75) is 0 Å². The van der Waals surface area contributed by atoms with Gasteiger partial charge in [0.05, 0.1) is 18.4 Å². The largest absolute Gasteiger partial charge is 0.508 e. The molecule has 0 unspecified atom stereocenters. The number of rotatable bonds is 3. The number of terminal acetylenes is 1. The van der Waals surface area contributed by atoms with Crippen LogP contribution in [-0.2, 0) is 0 Å². The number of aromatic hydroxyl groups is 1. The lowest BCUT2D eigenvalue weighted by atomic mass is 9.95. The molecule has 1 aliphatic heterocycles. The Hall–Kier alpha value is -3.78. The number of carboxylic acid groups (broad SMARTS) is 1. The lowest BCUT2D eigenvalue weighted by molar-refractivity contribution is 0.0697. The molecule has 2 N–H and O–H groups in total. The predicted molar refractivity (Wildman–Crippen MR) is 98.2 cm³/mol. The summed E-state index contributed by atoms with van der Waals surface area (Å²) in [5.74, 6) is 1.66. The molecule has 1 aliphatic carbocycles. The minimum Gasteiger partial charge on any atom is -0.508 e. The highest BCUT2D eigenvalue weighted by atomic mass is 16.5. The van der Waals surface area contributed by atoms with Crippen molar-refractivity contribution >= 4 is 5.97 Å². The van der Waals surface area contributed by atoms with Crippen molar-refractivity contribution in [1.29, 1.82) is 0 Å². The summed E-state index contributed by atoms with van der Waals surface area (Å²) < 4.78 is 5.07. The molecular weight excluding hydrogens is 330 g/mol. The molecule has 0 saturated heterocycles. The lowest BCUT2D eigenvalue weighted by Crippen LogP contribution is -2.03. The molecule has 2 aliphatic rings. The maximum atomic E-state index is 11.4. The average Bonchev–Trinajstić information content (AvgIpc) is 3.25. The van der Waals surface area contributed by atoms with E-state index in [1.807, 2.05) is 12.3 Å². The Morgan fingerprint density at radius 2 is 1.96 bits per heavy atom. The summed E-state index contributed by atoms with van der Waals surface area (Å²) >= 11 is 0. The summed E-state index contributed by atoms with van der Waals surface area (Å²) in [5.41, 5.74) is 3.77. The number of nitrogens with zero attached hydrogens (tertiary/aromatic N) is 1. The molecule has 0 bridgehead atoms. The van der Waals surface area contributed by atoms with Gasteiger partial charge in [0.25, 0.3) is 0 Å². The third-order valence-electron chi connectivity index (χ3n) is 3.84. The van der Waals surface area contributed by atoms with Crippen LogP contribution in [0.1, 0.15) is 15.9 Å². The van der Waals surface area contributed by atoms with Crippen molar-refractivity contribution < 1.29 is 19.7 Å². The number of hydrogen-bond donors (Lipinski definition) is 2. The number of carboxylic acids is 1. The molecule has 0 aromatic heterocycles. The monoisotopic (exact) mass is 345 g/mol. The Labute approximate surface area is 150 Å². The van der Waals surface area contributed by atoms with Crippen molar-refractivity contribution in [2.24, 2.45) is 0 Å². The second kappa shape index (κ2) is 6.99. The van der Waals surface area contributed by atoms with Crippen molar-refractivity contribution in [1.82, 2.24) is 4.98 Å². The van der Waals surface area contributed by atoms with Gasteiger partial charge in [-0.1, -0.05) is 18.1 Å². The minimum absolute atomic E-state index is 0.0122. The van der Waals surface area contributed by atoms with E-state index in [0.717, 1.165) is 0 Å². The maximum absolute atomic E-state index is 11.4. The number of phenols is 1. The number of phenolic OH excluding ortho intramolecular Hbond substituents is 1. The summed E-state index contributed by atoms with van der Waals surface area (Å²) in [6.45, 7) is 0. The highest BCUT2D eigenvalue weighted by Gasteiger charge is 2.16. The van der Waals surface area contributed by atoms with E-state index < -0.39 is 5.97 Å². The number of ether oxygens (including phenoxy) is 1. The van der Waals surface area contributed by atoms with Gasteiger partial charge in [-0.25, -0.2) is 4.79 Å². The standard InChI is InChI=1S/C16H12O4.C5H3N/c1-3-10-5-4-6-14(15(10)16(18)19)11-7-12(17)9-13(8-11)20-2;1-2-6-5-3-4(1)5/h1,4-9,17H,2H3,(H,18,19);1-3H. The summed E-state index contributed by atoms with van der Waals surface area (Å²) in [7, 11) is 1.47. The van der Waals surface area contributed by atoms with E-state index in [1.54, 1.807) is 24.3 Å². The van der Waals surface area contributed by atoms with Crippen LogP contribution in [0.4, 0.5) is 0 Å². The molecule has 5 heteroatoms. The number of methoxy groups -OCH3 is 1. The first-order chi connectivity index (χ1) is 12.5. The average molecular weight is 345 g/mol. The number of carbonyl (C=O) groups is 1. The maximum Gasteiger partial charge on any atom is 0.337 e. The second-order valence-corrected chi connectivity index (χ2v) is 5.53. The molecule has 0 atom stereocenters. The van der Waals surface area contributed by atoms with E-state index in [-0.39, 0.29) is 16.9 Å². The molecule has 4 rings (SSSR count). The predicted octanol–water partition coefficient (Wildman–Crippen LogP) is 3.81. The Morgan fingerprint density at radius 3 is 2.46 bits per heavy atom. The normalized spacial score (nSPS) is 10.2. The first-order valence-corrected chi connectivity index (χ1v) is 7.71. The van der Waals surface area contributed by atoms with Gasteiger partial charge >= 0.3 is 5.97 Å². The van der Waals surface area contributed by atoms with Crippen LogP contribution in [0.2, 0.25) is 0 Å². The van der Waals surface area contributed by atoms with E-state index in [2.05, 4.69) is 17.0 Å². The molecule has 0 amide bonds. The van der Waals surface area contributed by atoms with Crippen molar-refractivity contribution in [2.75, 3.05) is 7.11 Å². The molecule has 5 nitrogen and oxygen atoms in total. The van der Waals surface area contributed by atoms with Gasteiger partial charge in [-0.3, -0.25) is 4.98 Å². The number of aromatic carboxylic acids is 1. The molecule has 0 saturated carbocycles. The second-order valence-electron chi connectivity index (χ2n) is 5.53. The van der Waals surface area contributed by atoms with Gasteiger partial charge in [0, 0.05) is 23.4 Å². The van der Waals surface area contributed by atoms with E-state index in [9.17, 15) is 15.0 Å². The van der Waals surface area contributed by atoms with Crippen molar-refractivity contribution in [3.63, 3.8) is 0 Å². The zero-order valence-electron chi connectivity index (χ0n) is 13.9. The third-order valence-corrected chi connectivity index (χ3v) is 3.84. The number of pyridine rings is 1. The lowest BCUT2D eigenvalue weighted by Gasteiger charge is -2.10. The van der Waals surface area contributed by atoms with Gasteiger partial charge in [0.15, 0.2) is 0 Å². The topological polar surface area (TPSA) is 79.7 Å². The number of hydrogen-bond acceptors (Lipinski definition) is 4. The number of aromatic nitrogens is 1.